The third kappa shape index (κ3) is 3.89. The van der Waals surface area contributed by atoms with E-state index in [-0.39, 0.29) is 25.3 Å². The van der Waals surface area contributed by atoms with Gasteiger partial charge in [0.25, 0.3) is 0 Å². The van der Waals surface area contributed by atoms with E-state index in [2.05, 4.69) is 0 Å². The first kappa shape index (κ1) is 13.7. The summed E-state index contributed by atoms with van der Waals surface area (Å²) in [5, 5.41) is 0. The Hall–Kier alpha value is -0.380. The van der Waals surface area contributed by atoms with Crippen LogP contribution in [0.15, 0.2) is 0 Å². The van der Waals surface area contributed by atoms with Gasteiger partial charge in [0.15, 0.2) is 0 Å². The summed E-state index contributed by atoms with van der Waals surface area (Å²) in [6.45, 7) is 4.05. The molecule has 5 nitrogen and oxygen atoms in total. The van der Waals surface area contributed by atoms with Crippen molar-refractivity contribution in [2.75, 3.05) is 26.4 Å². The summed E-state index contributed by atoms with van der Waals surface area (Å²) in [7, 11) is -1.49. The summed E-state index contributed by atoms with van der Waals surface area (Å²) in [6, 6.07) is 0.323. The molecule has 0 unspecified atom stereocenters. The third-order valence-electron chi connectivity index (χ3n) is 2.47. The minimum absolute atomic E-state index is 0.151. The molecule has 0 N–H and O–H groups in total. The molecule has 0 radical (unpaired) electrons. The van der Waals surface area contributed by atoms with Gasteiger partial charge in [0.05, 0.1) is 13.2 Å². The highest BCUT2D eigenvalue weighted by Crippen LogP contribution is 2.48. The van der Waals surface area contributed by atoms with Gasteiger partial charge < -0.3 is 13.9 Å². The van der Waals surface area contributed by atoms with Crippen LogP contribution in [0.25, 0.3) is 0 Å². The lowest BCUT2D eigenvalue weighted by Crippen LogP contribution is -2.31. The molecule has 6 heteroatoms. The number of nitrogens with zero attached hydrogens (tertiary/aromatic N) is 1. The number of rotatable bonds is 7. The van der Waals surface area contributed by atoms with Crippen LogP contribution in [0.3, 0.4) is 0 Å². The second-order valence-electron chi connectivity index (χ2n) is 3.84. The maximum Gasteiger partial charge on any atom is 0.340 e. The summed E-state index contributed by atoms with van der Waals surface area (Å²) in [5.74, 6) is -0.160. The van der Waals surface area contributed by atoms with Crippen molar-refractivity contribution in [1.29, 1.82) is 0 Å². The Morgan fingerprint density at radius 3 is 2.19 bits per heavy atom. The predicted octanol–water partition coefficient (Wildman–Crippen LogP) is 1.87. The molecule has 1 aliphatic carbocycles. The highest BCUT2D eigenvalue weighted by Gasteiger charge is 2.34. The van der Waals surface area contributed by atoms with Gasteiger partial charge in [-0.3, -0.25) is 9.36 Å². The van der Waals surface area contributed by atoms with Gasteiger partial charge in [-0.05, 0) is 26.7 Å². The predicted molar refractivity (Wildman–Crippen MR) is 61.5 cm³/mol. The summed E-state index contributed by atoms with van der Waals surface area (Å²) in [5.41, 5.74) is 0. The van der Waals surface area contributed by atoms with Gasteiger partial charge in [-0.15, -0.1) is 0 Å². The highest BCUT2D eigenvalue weighted by atomic mass is 31.2. The number of carbonyl (C=O) groups is 1. The number of amides is 1. The minimum Gasteiger partial charge on any atom is -0.342 e. The molecular weight excluding hydrogens is 229 g/mol. The van der Waals surface area contributed by atoms with E-state index in [0.717, 1.165) is 12.8 Å². The first-order valence-electron chi connectivity index (χ1n) is 5.66. The average Bonchev–Trinajstić information content (AvgIpc) is 3.00. The van der Waals surface area contributed by atoms with Gasteiger partial charge in [0.1, 0.15) is 6.16 Å². The monoisotopic (exact) mass is 249 g/mol. The van der Waals surface area contributed by atoms with Gasteiger partial charge in [0.2, 0.25) is 5.91 Å². The zero-order valence-corrected chi connectivity index (χ0v) is 11.0. The van der Waals surface area contributed by atoms with Crippen molar-refractivity contribution in [2.45, 2.75) is 32.7 Å². The molecule has 0 aromatic rings. The topological polar surface area (TPSA) is 55.8 Å². The molecule has 0 aliphatic heterocycles. The van der Waals surface area contributed by atoms with Crippen molar-refractivity contribution < 1.29 is 18.4 Å². The molecule has 16 heavy (non-hydrogen) atoms. The fourth-order valence-electron chi connectivity index (χ4n) is 1.46. The molecule has 1 aliphatic rings. The lowest BCUT2D eigenvalue weighted by molar-refractivity contribution is -0.127. The van der Waals surface area contributed by atoms with Crippen molar-refractivity contribution in [3.8, 4) is 0 Å². The Morgan fingerprint density at radius 1 is 1.31 bits per heavy atom. The van der Waals surface area contributed by atoms with Crippen molar-refractivity contribution in [1.82, 2.24) is 4.90 Å². The van der Waals surface area contributed by atoms with E-state index in [4.69, 9.17) is 9.05 Å². The third-order valence-corrected chi connectivity index (χ3v) is 4.43. The summed E-state index contributed by atoms with van der Waals surface area (Å²) < 4.78 is 22.2. The van der Waals surface area contributed by atoms with E-state index in [1.165, 1.54) is 0 Å². The minimum atomic E-state index is -3.23. The fourth-order valence-corrected chi connectivity index (χ4v) is 3.06. The van der Waals surface area contributed by atoms with Crippen LogP contribution < -0.4 is 0 Å². The van der Waals surface area contributed by atoms with Crippen molar-refractivity contribution in [3.05, 3.63) is 0 Å². The van der Waals surface area contributed by atoms with E-state index in [1.54, 1.807) is 25.8 Å². The molecule has 0 atom stereocenters. The molecule has 1 fully saturated rings. The molecule has 0 aromatic heterocycles. The summed E-state index contributed by atoms with van der Waals surface area (Å²) >= 11 is 0. The van der Waals surface area contributed by atoms with Crippen molar-refractivity contribution in [2.24, 2.45) is 0 Å². The molecule has 0 saturated heterocycles. The van der Waals surface area contributed by atoms with E-state index in [1.807, 2.05) is 0 Å². The maximum absolute atomic E-state index is 12.1. The van der Waals surface area contributed by atoms with Crippen LogP contribution in [0.2, 0.25) is 0 Å². The molecule has 0 heterocycles. The van der Waals surface area contributed by atoms with Gasteiger partial charge in [0, 0.05) is 13.1 Å². The molecule has 1 rings (SSSR count). The zero-order chi connectivity index (χ0) is 12.2. The Bertz CT molecular complexity index is 281. The molecule has 1 saturated carbocycles. The molecular formula is C10H20NO4P. The van der Waals surface area contributed by atoms with Crippen molar-refractivity contribution >= 4 is 13.5 Å². The van der Waals surface area contributed by atoms with Crippen LogP contribution in [-0.2, 0) is 18.4 Å². The quantitative estimate of drug-likeness (QED) is 0.646. The molecule has 0 aromatic carbocycles. The number of hydrogen-bond acceptors (Lipinski definition) is 4. The average molecular weight is 249 g/mol. The van der Waals surface area contributed by atoms with Gasteiger partial charge >= 0.3 is 7.60 Å². The van der Waals surface area contributed by atoms with Gasteiger partial charge in [-0.2, -0.15) is 0 Å². The van der Waals surface area contributed by atoms with E-state index < -0.39 is 7.60 Å². The Morgan fingerprint density at radius 2 is 1.81 bits per heavy atom. The van der Waals surface area contributed by atoms with E-state index in [9.17, 15) is 9.36 Å². The van der Waals surface area contributed by atoms with Gasteiger partial charge in [-0.25, -0.2) is 0 Å². The van der Waals surface area contributed by atoms with E-state index in [0.29, 0.717) is 6.04 Å². The number of carbonyl (C=O) groups excluding carboxylic acids is 1. The molecule has 1 amide bonds. The van der Waals surface area contributed by atoms with Crippen LogP contribution in [-0.4, -0.2) is 43.3 Å². The largest absolute Gasteiger partial charge is 0.342 e. The van der Waals surface area contributed by atoms with Crippen LogP contribution in [0, 0.1) is 0 Å². The Labute approximate surface area is 96.6 Å². The summed E-state index contributed by atoms with van der Waals surface area (Å²) in [6.07, 6.45) is 1.92. The smallest absolute Gasteiger partial charge is 0.340 e. The molecule has 0 spiro atoms. The molecule has 94 valence electrons. The zero-order valence-electron chi connectivity index (χ0n) is 10.1. The van der Waals surface area contributed by atoms with Crippen LogP contribution in [0.5, 0.6) is 0 Å². The fraction of sp³-hybridized carbons (Fsp3) is 0.900. The Balaban J connectivity index is 2.52. The first-order chi connectivity index (χ1) is 7.52. The lowest BCUT2D eigenvalue weighted by atomic mass is 10.5. The first-order valence-corrected chi connectivity index (χ1v) is 7.39. The highest BCUT2D eigenvalue weighted by molar-refractivity contribution is 7.54. The van der Waals surface area contributed by atoms with Gasteiger partial charge in [-0.1, -0.05) is 0 Å². The Kier molecular flexibility index (Phi) is 4.96. The molecule has 0 bridgehead atoms. The van der Waals surface area contributed by atoms with Crippen LogP contribution >= 0.6 is 7.60 Å². The summed E-state index contributed by atoms with van der Waals surface area (Å²) in [4.78, 5) is 13.4. The SMILES string of the molecule is CCOP(=O)(CC(=O)N(C)C1CC1)OCC. The van der Waals surface area contributed by atoms with E-state index >= 15 is 0 Å². The van der Waals surface area contributed by atoms with Crippen LogP contribution in [0.4, 0.5) is 0 Å². The second kappa shape index (κ2) is 5.80. The maximum atomic E-state index is 12.1. The standard InChI is InChI=1S/C10H20NO4P/c1-4-14-16(13,15-5-2)8-10(12)11(3)9-6-7-9/h9H,4-8H2,1-3H3. The lowest BCUT2D eigenvalue weighted by Gasteiger charge is -2.21. The second-order valence-corrected chi connectivity index (χ2v) is 5.89. The number of hydrogen-bond donors (Lipinski definition) is 0. The van der Waals surface area contributed by atoms with Crippen molar-refractivity contribution in [3.63, 3.8) is 0 Å². The normalized spacial score (nSPS) is 16.2. The van der Waals surface area contributed by atoms with Crippen LogP contribution in [0.1, 0.15) is 26.7 Å².